The molecule has 0 aliphatic rings. The number of ether oxygens (including phenoxy) is 1. The third-order valence-electron chi connectivity index (χ3n) is 4.41. The number of aromatic nitrogens is 2. The molecule has 0 aliphatic carbocycles. The molecule has 9 heteroatoms. The molecule has 9 nitrogen and oxygen atoms in total. The number of aryl methyl sites for hydroxylation is 1. The molecule has 0 saturated carbocycles. The lowest BCUT2D eigenvalue weighted by Gasteiger charge is -2.21. The average Bonchev–Trinajstić information content (AvgIpc) is 2.68. The number of unbranched alkanes of at least 4 members (excludes halogenated alkanes) is 2. The Hall–Kier alpha value is -3.23. The van der Waals surface area contributed by atoms with E-state index in [0.717, 1.165) is 19.3 Å². The molecule has 2 N–H and O–H groups in total. The molecule has 31 heavy (non-hydrogen) atoms. The number of fused-ring (bicyclic) bond motifs is 1. The first-order chi connectivity index (χ1) is 14.5. The Balaban J connectivity index is 2.23. The Morgan fingerprint density at radius 2 is 1.77 bits per heavy atom. The second-order valence-electron chi connectivity index (χ2n) is 8.37. The van der Waals surface area contributed by atoms with Crippen molar-refractivity contribution in [2.45, 2.75) is 72.1 Å². The molecule has 1 heterocycles. The number of carbonyl (C=O) groups excluding carboxylic acids is 3. The third kappa shape index (κ3) is 6.63. The van der Waals surface area contributed by atoms with Crippen molar-refractivity contribution >= 4 is 28.7 Å². The number of nitrogens with one attached hydrogen (secondary N) is 2. The summed E-state index contributed by atoms with van der Waals surface area (Å²) in [6.45, 7) is 9.09. The minimum absolute atomic E-state index is 0.0505. The largest absolute Gasteiger partial charge is 0.448 e. The van der Waals surface area contributed by atoms with Crippen LogP contribution in [0.2, 0.25) is 0 Å². The number of urea groups is 1. The van der Waals surface area contributed by atoms with Crippen LogP contribution in [-0.2, 0) is 16.1 Å². The van der Waals surface area contributed by atoms with Gasteiger partial charge in [0.25, 0.3) is 11.5 Å². The molecule has 0 saturated heterocycles. The van der Waals surface area contributed by atoms with E-state index < -0.39 is 29.6 Å². The molecule has 1 aromatic heterocycles. The molecule has 0 bridgehead atoms. The number of hydrogen-bond donors (Lipinski definition) is 2. The molecule has 0 spiro atoms. The Labute approximate surface area is 181 Å². The fraction of sp³-hybridized carbons (Fsp3) is 0.500. The van der Waals surface area contributed by atoms with Crippen molar-refractivity contribution < 1.29 is 19.1 Å². The number of imide groups is 1. The van der Waals surface area contributed by atoms with Gasteiger partial charge in [0.15, 0.2) is 11.8 Å². The molecule has 0 aliphatic heterocycles. The zero-order valence-electron chi connectivity index (χ0n) is 18.7. The van der Waals surface area contributed by atoms with Crippen molar-refractivity contribution in [3.63, 3.8) is 0 Å². The van der Waals surface area contributed by atoms with E-state index in [4.69, 9.17) is 4.74 Å². The minimum atomic E-state index is -1.24. The lowest BCUT2D eigenvalue weighted by molar-refractivity contribution is -0.127. The van der Waals surface area contributed by atoms with Gasteiger partial charge in [-0.15, -0.1) is 0 Å². The maximum atomic E-state index is 12.8. The van der Waals surface area contributed by atoms with Crippen LogP contribution >= 0.6 is 0 Å². The predicted molar refractivity (Wildman–Crippen MR) is 117 cm³/mol. The Morgan fingerprint density at radius 1 is 1.13 bits per heavy atom. The lowest BCUT2D eigenvalue weighted by Crippen LogP contribution is -2.50. The Kier molecular flexibility index (Phi) is 7.90. The van der Waals surface area contributed by atoms with Gasteiger partial charge < -0.3 is 10.1 Å². The zero-order chi connectivity index (χ0) is 23.2. The van der Waals surface area contributed by atoms with Crippen molar-refractivity contribution in [3.05, 3.63) is 40.3 Å². The van der Waals surface area contributed by atoms with Crippen molar-refractivity contribution in [1.82, 2.24) is 20.4 Å². The number of rotatable bonds is 7. The summed E-state index contributed by atoms with van der Waals surface area (Å²) in [7, 11) is 0. The highest BCUT2D eigenvalue weighted by Crippen LogP contribution is 2.15. The van der Waals surface area contributed by atoms with Gasteiger partial charge in [0.1, 0.15) is 0 Å². The number of benzene rings is 1. The molecule has 0 radical (unpaired) electrons. The summed E-state index contributed by atoms with van der Waals surface area (Å²) in [5.74, 6) is -1.62. The molecule has 1 unspecified atom stereocenters. The normalized spacial score (nSPS) is 12.3. The first-order valence-electron chi connectivity index (χ1n) is 10.4. The van der Waals surface area contributed by atoms with Crippen LogP contribution in [0, 0.1) is 0 Å². The van der Waals surface area contributed by atoms with Gasteiger partial charge in [-0.3, -0.25) is 14.9 Å². The number of hydrogen-bond acceptors (Lipinski definition) is 6. The lowest BCUT2D eigenvalue weighted by atomic mass is 10.1. The maximum absolute atomic E-state index is 12.8. The molecule has 0 fully saturated rings. The van der Waals surface area contributed by atoms with Crippen LogP contribution in [-0.4, -0.2) is 39.3 Å². The van der Waals surface area contributed by atoms with Crippen molar-refractivity contribution in [1.29, 1.82) is 0 Å². The standard InChI is InChI=1S/C22H30N4O5/c1-6-7-10-13-26-19(28)16-12-9-8-11-15(16)17(25-26)20(29)31-14(2)18(27)23-21(30)24-22(3,4)5/h8-9,11-12,14H,6-7,10,13H2,1-5H3,(H2,23,24,27,30). The van der Waals surface area contributed by atoms with Crippen molar-refractivity contribution in [3.8, 4) is 0 Å². The monoisotopic (exact) mass is 430 g/mol. The number of nitrogens with zero attached hydrogens (tertiary/aromatic N) is 2. The minimum Gasteiger partial charge on any atom is -0.448 e. The van der Waals surface area contributed by atoms with Gasteiger partial charge in [-0.05, 0) is 40.2 Å². The summed E-state index contributed by atoms with van der Waals surface area (Å²) in [6.07, 6.45) is 1.42. The molecule has 1 atom stereocenters. The van der Waals surface area contributed by atoms with Gasteiger partial charge >= 0.3 is 12.0 Å². The highest BCUT2D eigenvalue weighted by molar-refractivity contribution is 6.03. The van der Waals surface area contributed by atoms with E-state index in [0.29, 0.717) is 17.3 Å². The van der Waals surface area contributed by atoms with Gasteiger partial charge in [-0.2, -0.15) is 5.10 Å². The molecule has 168 valence electrons. The zero-order valence-corrected chi connectivity index (χ0v) is 18.7. The summed E-state index contributed by atoms with van der Waals surface area (Å²) in [5, 5.41) is 9.65. The third-order valence-corrected chi connectivity index (χ3v) is 4.41. The smallest absolute Gasteiger partial charge is 0.360 e. The van der Waals surface area contributed by atoms with Gasteiger partial charge in [0.05, 0.1) is 5.39 Å². The first kappa shape index (κ1) is 24.0. The number of esters is 1. The van der Waals surface area contributed by atoms with Crippen LogP contribution < -0.4 is 16.2 Å². The number of amides is 3. The highest BCUT2D eigenvalue weighted by atomic mass is 16.5. The van der Waals surface area contributed by atoms with Crippen molar-refractivity contribution in [2.75, 3.05) is 0 Å². The Morgan fingerprint density at radius 3 is 2.39 bits per heavy atom. The first-order valence-corrected chi connectivity index (χ1v) is 10.4. The quantitative estimate of drug-likeness (QED) is 0.515. The second-order valence-corrected chi connectivity index (χ2v) is 8.37. The summed E-state index contributed by atoms with van der Waals surface area (Å²) in [4.78, 5) is 49.6. The second kappa shape index (κ2) is 10.2. The summed E-state index contributed by atoms with van der Waals surface area (Å²) < 4.78 is 6.51. The van der Waals surface area contributed by atoms with Crippen LogP contribution in [0.1, 0.15) is 64.4 Å². The maximum Gasteiger partial charge on any atom is 0.360 e. The van der Waals surface area contributed by atoms with E-state index in [1.54, 1.807) is 45.0 Å². The van der Waals surface area contributed by atoms with E-state index in [1.165, 1.54) is 11.6 Å². The number of carbonyl (C=O) groups is 3. The highest BCUT2D eigenvalue weighted by Gasteiger charge is 2.25. The van der Waals surface area contributed by atoms with Crippen molar-refractivity contribution in [2.24, 2.45) is 0 Å². The summed E-state index contributed by atoms with van der Waals surface area (Å²) in [6, 6.07) is 5.94. The topological polar surface area (TPSA) is 119 Å². The molecular formula is C22H30N4O5. The average molecular weight is 431 g/mol. The van der Waals surface area contributed by atoms with Gasteiger partial charge in [0, 0.05) is 17.5 Å². The van der Waals surface area contributed by atoms with E-state index in [2.05, 4.69) is 15.7 Å². The fourth-order valence-electron chi connectivity index (χ4n) is 2.90. The van der Waals surface area contributed by atoms with Gasteiger partial charge in [-0.25, -0.2) is 14.3 Å². The Bertz CT molecular complexity index is 1020. The molecule has 2 aromatic rings. The molecule has 3 amide bonds. The molecular weight excluding hydrogens is 400 g/mol. The predicted octanol–water partition coefficient (Wildman–Crippen LogP) is 2.76. The summed E-state index contributed by atoms with van der Waals surface area (Å²) >= 11 is 0. The SMILES string of the molecule is CCCCCn1nc(C(=O)OC(C)C(=O)NC(=O)NC(C)(C)C)c2ccccc2c1=O. The van der Waals surface area contributed by atoms with E-state index in [-0.39, 0.29) is 11.3 Å². The van der Waals surface area contributed by atoms with Crippen LogP contribution in [0.5, 0.6) is 0 Å². The fourth-order valence-corrected chi connectivity index (χ4v) is 2.90. The van der Waals surface area contributed by atoms with Crippen LogP contribution in [0.4, 0.5) is 4.79 Å². The van der Waals surface area contributed by atoms with Crippen LogP contribution in [0.15, 0.2) is 29.1 Å². The molecule has 2 rings (SSSR count). The van der Waals surface area contributed by atoms with E-state index in [1.807, 2.05) is 6.92 Å². The van der Waals surface area contributed by atoms with E-state index in [9.17, 15) is 19.2 Å². The molecule has 1 aromatic carbocycles. The van der Waals surface area contributed by atoms with Crippen LogP contribution in [0.3, 0.4) is 0 Å². The van der Waals surface area contributed by atoms with Gasteiger partial charge in [-0.1, -0.05) is 38.0 Å². The van der Waals surface area contributed by atoms with Crippen LogP contribution in [0.25, 0.3) is 10.8 Å². The van der Waals surface area contributed by atoms with Gasteiger partial charge in [0.2, 0.25) is 0 Å². The van der Waals surface area contributed by atoms with E-state index >= 15 is 0 Å². The summed E-state index contributed by atoms with van der Waals surface area (Å²) in [5.41, 5.74) is -0.864.